The quantitative estimate of drug-likeness (QED) is 0.766. The van der Waals surface area contributed by atoms with E-state index in [-0.39, 0.29) is 12.5 Å². The first-order chi connectivity index (χ1) is 8.47. The normalized spacial score (nSPS) is 10.0. The van der Waals surface area contributed by atoms with Gasteiger partial charge in [0, 0.05) is 12.1 Å². The van der Waals surface area contributed by atoms with Gasteiger partial charge in [0.05, 0.1) is 7.11 Å². The van der Waals surface area contributed by atoms with E-state index in [1.165, 1.54) is 12.0 Å². The highest BCUT2D eigenvalue weighted by molar-refractivity contribution is 5.96. The molecule has 0 atom stereocenters. The minimum atomic E-state index is -0.408. The van der Waals surface area contributed by atoms with Crippen LogP contribution in [0.15, 0.2) is 18.2 Å². The van der Waals surface area contributed by atoms with Crippen LogP contribution in [0.25, 0.3) is 0 Å². The van der Waals surface area contributed by atoms with E-state index in [1.807, 2.05) is 39.0 Å². The second-order valence-electron chi connectivity index (χ2n) is 4.27. The summed E-state index contributed by atoms with van der Waals surface area (Å²) in [6, 6.07) is 5.66. The van der Waals surface area contributed by atoms with Gasteiger partial charge < -0.3 is 9.64 Å². The molecule has 0 radical (unpaired) electrons. The van der Waals surface area contributed by atoms with Crippen molar-refractivity contribution >= 4 is 11.9 Å². The van der Waals surface area contributed by atoms with Crippen molar-refractivity contribution in [2.45, 2.75) is 20.8 Å². The van der Waals surface area contributed by atoms with Crippen LogP contribution in [0.5, 0.6) is 0 Å². The summed E-state index contributed by atoms with van der Waals surface area (Å²) in [5.41, 5.74) is 2.68. The van der Waals surface area contributed by atoms with E-state index in [2.05, 4.69) is 4.74 Å². The summed E-state index contributed by atoms with van der Waals surface area (Å²) in [6.45, 7) is 6.18. The fraction of sp³-hybridized carbons (Fsp3) is 0.429. The molecule has 1 aromatic carbocycles. The molecule has 0 fully saturated rings. The smallest absolute Gasteiger partial charge is 0.325 e. The van der Waals surface area contributed by atoms with Gasteiger partial charge in [-0.2, -0.15) is 0 Å². The second-order valence-corrected chi connectivity index (χ2v) is 4.27. The monoisotopic (exact) mass is 249 g/mol. The molecule has 0 aromatic heterocycles. The molecule has 0 saturated carbocycles. The zero-order valence-electron chi connectivity index (χ0n) is 11.3. The Bertz CT molecular complexity index is 434. The number of methoxy groups -OCH3 is 1. The predicted octanol–water partition coefficient (Wildman–Crippen LogP) is 1.94. The van der Waals surface area contributed by atoms with Crippen molar-refractivity contribution in [3.05, 3.63) is 34.9 Å². The fourth-order valence-electron chi connectivity index (χ4n) is 1.83. The Hall–Kier alpha value is -1.84. The van der Waals surface area contributed by atoms with Gasteiger partial charge in [-0.25, -0.2) is 0 Å². The maximum Gasteiger partial charge on any atom is 0.325 e. The number of benzene rings is 1. The lowest BCUT2D eigenvalue weighted by atomic mass is 10.1. The molecule has 0 saturated heterocycles. The Morgan fingerprint density at radius 2 is 1.72 bits per heavy atom. The maximum absolute atomic E-state index is 12.2. The molecule has 18 heavy (non-hydrogen) atoms. The third-order valence-corrected chi connectivity index (χ3v) is 2.69. The highest BCUT2D eigenvalue weighted by Crippen LogP contribution is 2.11. The number of hydrogen-bond acceptors (Lipinski definition) is 3. The standard InChI is InChI=1S/C14H19NO3/c1-5-15(9-13(16)18-4)14(17)12-7-10(2)6-11(3)8-12/h6-8H,5,9H2,1-4H3. The van der Waals surface area contributed by atoms with Crippen LogP contribution in [0, 0.1) is 13.8 Å². The number of carbonyl (C=O) groups excluding carboxylic acids is 2. The van der Waals surface area contributed by atoms with Crippen molar-refractivity contribution in [3.63, 3.8) is 0 Å². The summed E-state index contributed by atoms with van der Waals surface area (Å²) in [4.78, 5) is 25.0. The van der Waals surface area contributed by atoms with Crippen LogP contribution >= 0.6 is 0 Å². The minimum absolute atomic E-state index is 0.0151. The maximum atomic E-state index is 12.2. The Balaban J connectivity index is 2.92. The fourth-order valence-corrected chi connectivity index (χ4v) is 1.83. The lowest BCUT2D eigenvalue weighted by Crippen LogP contribution is -2.36. The Morgan fingerprint density at radius 1 is 1.17 bits per heavy atom. The number of ether oxygens (including phenoxy) is 1. The number of amides is 1. The summed E-state index contributed by atoms with van der Waals surface area (Å²) in [7, 11) is 1.32. The van der Waals surface area contributed by atoms with E-state index in [9.17, 15) is 9.59 Å². The van der Waals surface area contributed by atoms with Crippen LogP contribution in [-0.2, 0) is 9.53 Å². The van der Waals surface area contributed by atoms with Gasteiger partial charge in [-0.1, -0.05) is 17.2 Å². The van der Waals surface area contributed by atoms with Crippen molar-refractivity contribution in [2.75, 3.05) is 20.2 Å². The highest BCUT2D eigenvalue weighted by atomic mass is 16.5. The lowest BCUT2D eigenvalue weighted by Gasteiger charge is -2.19. The van der Waals surface area contributed by atoms with Crippen LogP contribution in [0.3, 0.4) is 0 Å². The summed E-state index contributed by atoms with van der Waals surface area (Å²) in [5.74, 6) is -0.552. The van der Waals surface area contributed by atoms with E-state index in [4.69, 9.17) is 0 Å². The molecule has 0 unspecified atom stereocenters. The average molecular weight is 249 g/mol. The molecule has 1 aromatic rings. The Morgan fingerprint density at radius 3 is 2.17 bits per heavy atom. The van der Waals surface area contributed by atoms with Gasteiger partial charge in [-0.15, -0.1) is 0 Å². The van der Waals surface area contributed by atoms with Gasteiger partial charge in [0.15, 0.2) is 0 Å². The largest absolute Gasteiger partial charge is 0.468 e. The third-order valence-electron chi connectivity index (χ3n) is 2.69. The molecule has 4 heteroatoms. The first-order valence-electron chi connectivity index (χ1n) is 5.92. The number of rotatable bonds is 4. The van der Waals surface area contributed by atoms with Crippen molar-refractivity contribution in [2.24, 2.45) is 0 Å². The molecule has 0 heterocycles. The van der Waals surface area contributed by atoms with Crippen LogP contribution in [0.4, 0.5) is 0 Å². The van der Waals surface area contributed by atoms with E-state index < -0.39 is 5.97 Å². The van der Waals surface area contributed by atoms with Gasteiger partial charge in [0.1, 0.15) is 6.54 Å². The number of aryl methyl sites for hydroxylation is 2. The first kappa shape index (κ1) is 14.2. The first-order valence-corrected chi connectivity index (χ1v) is 5.92. The molecule has 0 N–H and O–H groups in total. The van der Waals surface area contributed by atoms with Gasteiger partial charge in [-0.3, -0.25) is 9.59 Å². The number of carbonyl (C=O) groups is 2. The summed E-state index contributed by atoms with van der Waals surface area (Å²) in [6.07, 6.45) is 0. The third kappa shape index (κ3) is 3.58. The highest BCUT2D eigenvalue weighted by Gasteiger charge is 2.17. The van der Waals surface area contributed by atoms with Gasteiger partial charge in [-0.05, 0) is 32.9 Å². The summed E-state index contributed by atoms with van der Waals surface area (Å²) < 4.78 is 4.58. The summed E-state index contributed by atoms with van der Waals surface area (Å²) >= 11 is 0. The van der Waals surface area contributed by atoms with Gasteiger partial charge in [0.25, 0.3) is 5.91 Å². The zero-order valence-corrected chi connectivity index (χ0v) is 11.3. The molecule has 1 rings (SSSR count). The lowest BCUT2D eigenvalue weighted by molar-refractivity contribution is -0.141. The number of esters is 1. The molecule has 0 aliphatic carbocycles. The van der Waals surface area contributed by atoms with Gasteiger partial charge in [0.2, 0.25) is 0 Å². The van der Waals surface area contributed by atoms with Crippen LogP contribution in [-0.4, -0.2) is 37.0 Å². The van der Waals surface area contributed by atoms with Crippen molar-refractivity contribution < 1.29 is 14.3 Å². The molecule has 0 bridgehead atoms. The minimum Gasteiger partial charge on any atom is -0.468 e. The molecule has 0 aliphatic rings. The molecular formula is C14H19NO3. The van der Waals surface area contributed by atoms with Crippen LogP contribution < -0.4 is 0 Å². The molecule has 1 amide bonds. The topological polar surface area (TPSA) is 46.6 Å². The van der Waals surface area contributed by atoms with Crippen molar-refractivity contribution in [1.82, 2.24) is 4.90 Å². The van der Waals surface area contributed by atoms with E-state index in [1.54, 1.807) is 0 Å². The van der Waals surface area contributed by atoms with Gasteiger partial charge >= 0.3 is 5.97 Å². The predicted molar refractivity (Wildman–Crippen MR) is 69.5 cm³/mol. The molecule has 4 nitrogen and oxygen atoms in total. The molecular weight excluding hydrogens is 230 g/mol. The molecule has 0 spiro atoms. The van der Waals surface area contributed by atoms with E-state index in [0.29, 0.717) is 12.1 Å². The second kappa shape index (κ2) is 6.19. The summed E-state index contributed by atoms with van der Waals surface area (Å²) in [5, 5.41) is 0. The Kier molecular flexibility index (Phi) is 4.89. The zero-order chi connectivity index (χ0) is 13.7. The molecule has 0 aliphatic heterocycles. The van der Waals surface area contributed by atoms with Crippen molar-refractivity contribution in [1.29, 1.82) is 0 Å². The SMILES string of the molecule is CCN(CC(=O)OC)C(=O)c1cc(C)cc(C)c1. The average Bonchev–Trinajstić information content (AvgIpc) is 2.33. The van der Waals surface area contributed by atoms with E-state index >= 15 is 0 Å². The molecule has 98 valence electrons. The van der Waals surface area contributed by atoms with Crippen LogP contribution in [0.1, 0.15) is 28.4 Å². The Labute approximate surface area is 108 Å². The number of nitrogens with zero attached hydrogens (tertiary/aromatic N) is 1. The number of likely N-dealkylation sites (N-methyl/N-ethyl adjacent to an activating group) is 1. The van der Waals surface area contributed by atoms with E-state index in [0.717, 1.165) is 11.1 Å². The number of hydrogen-bond donors (Lipinski definition) is 0. The van der Waals surface area contributed by atoms with Crippen molar-refractivity contribution in [3.8, 4) is 0 Å². The van der Waals surface area contributed by atoms with Crippen LogP contribution in [0.2, 0.25) is 0 Å².